The van der Waals surface area contributed by atoms with E-state index < -0.39 is 4.92 Å². The minimum absolute atomic E-state index is 0.0194. The minimum atomic E-state index is -0.450. The zero-order valence-corrected chi connectivity index (χ0v) is 11.2. The van der Waals surface area contributed by atoms with Gasteiger partial charge in [0.1, 0.15) is 5.69 Å². The normalized spacial score (nSPS) is 16.0. The molecule has 20 heavy (non-hydrogen) atoms. The number of carbonyl (C=O) groups excluding carboxylic acids is 1. The number of aliphatic hydroxyl groups excluding tert-OH is 1. The van der Waals surface area contributed by atoms with Crippen LogP contribution in [0.2, 0.25) is 0 Å². The predicted octanol–water partition coefficient (Wildman–Crippen LogP) is 0.915. The summed E-state index contributed by atoms with van der Waals surface area (Å²) in [5.41, 5.74) is 0.802. The fraction of sp³-hybridized carbons (Fsp3) is 0.462. The second-order valence-corrected chi connectivity index (χ2v) is 4.76. The quantitative estimate of drug-likeness (QED) is 0.633. The van der Waals surface area contributed by atoms with Crippen LogP contribution in [0.4, 0.5) is 11.4 Å². The first-order chi connectivity index (χ1) is 9.52. The topological polar surface area (TPSA) is 95.7 Å². The average molecular weight is 279 g/mol. The molecule has 1 aromatic carbocycles. The molecule has 1 aliphatic heterocycles. The van der Waals surface area contributed by atoms with E-state index in [9.17, 15) is 20.0 Å². The van der Waals surface area contributed by atoms with E-state index in [1.54, 1.807) is 0 Å². The van der Waals surface area contributed by atoms with Gasteiger partial charge in [-0.25, -0.2) is 0 Å². The second-order valence-electron chi connectivity index (χ2n) is 4.76. The van der Waals surface area contributed by atoms with Crippen molar-refractivity contribution in [2.45, 2.75) is 18.9 Å². The molecule has 0 bridgehead atoms. The van der Waals surface area contributed by atoms with Gasteiger partial charge in [0.15, 0.2) is 0 Å². The second kappa shape index (κ2) is 5.87. The Kier molecular flexibility index (Phi) is 4.19. The minimum Gasteiger partial charge on any atom is -0.393 e. The number of amides is 1. The average Bonchev–Trinajstić information content (AvgIpc) is 2.46. The summed E-state index contributed by atoms with van der Waals surface area (Å²) in [6, 6.07) is 4.33. The van der Waals surface area contributed by atoms with E-state index >= 15 is 0 Å². The number of rotatable bonds is 3. The molecule has 1 aromatic rings. The van der Waals surface area contributed by atoms with Crippen molar-refractivity contribution in [3.8, 4) is 0 Å². The van der Waals surface area contributed by atoms with Crippen molar-refractivity contribution in [3.05, 3.63) is 33.9 Å². The molecule has 0 spiro atoms. The van der Waals surface area contributed by atoms with Crippen LogP contribution in [-0.4, -0.2) is 42.2 Å². The summed E-state index contributed by atoms with van der Waals surface area (Å²) in [5.74, 6) is -0.279. The highest BCUT2D eigenvalue weighted by molar-refractivity contribution is 5.95. The number of hydrogen-bond acceptors (Lipinski definition) is 5. The van der Waals surface area contributed by atoms with Crippen LogP contribution in [0.25, 0.3) is 0 Å². The van der Waals surface area contributed by atoms with Gasteiger partial charge in [-0.2, -0.15) is 0 Å². The van der Waals surface area contributed by atoms with Crippen molar-refractivity contribution in [2.24, 2.45) is 0 Å². The molecule has 0 atom stereocenters. The van der Waals surface area contributed by atoms with Gasteiger partial charge in [-0.15, -0.1) is 0 Å². The summed E-state index contributed by atoms with van der Waals surface area (Å²) < 4.78 is 0. The molecule has 0 radical (unpaired) electrons. The number of nitrogens with one attached hydrogen (secondary N) is 1. The molecule has 1 heterocycles. The van der Waals surface area contributed by atoms with Crippen LogP contribution in [0.3, 0.4) is 0 Å². The molecular weight excluding hydrogens is 262 g/mol. The third kappa shape index (κ3) is 2.88. The highest BCUT2D eigenvalue weighted by Crippen LogP contribution is 2.31. The molecule has 1 aliphatic rings. The Morgan fingerprint density at radius 1 is 1.45 bits per heavy atom. The number of benzene rings is 1. The summed E-state index contributed by atoms with van der Waals surface area (Å²) in [6.45, 7) is 1.08. The standard InChI is InChI=1S/C13H17N3O4/c1-14-13(18)9-2-3-11(16(19)20)12(8-9)15-6-4-10(17)5-7-15/h2-3,8,10,17H,4-7H2,1H3,(H,14,18). The fourth-order valence-corrected chi connectivity index (χ4v) is 2.32. The summed E-state index contributed by atoms with van der Waals surface area (Å²) in [5, 5.41) is 23.1. The molecule has 1 saturated heterocycles. The highest BCUT2D eigenvalue weighted by Gasteiger charge is 2.25. The smallest absolute Gasteiger partial charge is 0.292 e. The van der Waals surface area contributed by atoms with Crippen LogP contribution < -0.4 is 10.2 Å². The molecule has 7 nitrogen and oxygen atoms in total. The molecule has 0 aromatic heterocycles. The lowest BCUT2D eigenvalue weighted by Crippen LogP contribution is -2.36. The van der Waals surface area contributed by atoms with E-state index in [4.69, 9.17) is 0 Å². The molecular formula is C13H17N3O4. The fourth-order valence-electron chi connectivity index (χ4n) is 2.32. The zero-order valence-electron chi connectivity index (χ0n) is 11.2. The van der Waals surface area contributed by atoms with Gasteiger partial charge in [-0.3, -0.25) is 14.9 Å². The van der Waals surface area contributed by atoms with Crippen LogP contribution >= 0.6 is 0 Å². The molecule has 7 heteroatoms. The molecule has 0 saturated carbocycles. The Hall–Kier alpha value is -2.15. The summed E-state index contributed by atoms with van der Waals surface area (Å²) in [4.78, 5) is 24.1. The molecule has 2 N–H and O–H groups in total. The number of piperidine rings is 1. The van der Waals surface area contributed by atoms with Gasteiger partial charge in [-0.05, 0) is 25.0 Å². The van der Waals surface area contributed by atoms with Crippen LogP contribution in [-0.2, 0) is 0 Å². The number of nitro groups is 1. The first-order valence-corrected chi connectivity index (χ1v) is 6.46. The van der Waals surface area contributed by atoms with E-state index in [1.165, 1.54) is 25.2 Å². The van der Waals surface area contributed by atoms with Gasteiger partial charge in [0.05, 0.1) is 11.0 Å². The number of nitrogens with zero attached hydrogens (tertiary/aromatic N) is 2. The Bertz CT molecular complexity index is 524. The first kappa shape index (κ1) is 14.3. The maximum absolute atomic E-state index is 11.6. The lowest BCUT2D eigenvalue weighted by atomic mass is 10.1. The monoisotopic (exact) mass is 279 g/mol. The first-order valence-electron chi connectivity index (χ1n) is 6.46. The molecule has 108 valence electrons. The Morgan fingerprint density at radius 2 is 2.10 bits per heavy atom. The van der Waals surface area contributed by atoms with Crippen LogP contribution in [0.15, 0.2) is 18.2 Å². The van der Waals surface area contributed by atoms with Gasteiger partial charge < -0.3 is 15.3 Å². The van der Waals surface area contributed by atoms with Crippen molar-refractivity contribution in [3.63, 3.8) is 0 Å². The van der Waals surface area contributed by atoms with Crippen molar-refractivity contribution in [1.29, 1.82) is 0 Å². The summed E-state index contributed by atoms with van der Waals surface area (Å²) >= 11 is 0. The maximum Gasteiger partial charge on any atom is 0.292 e. The van der Waals surface area contributed by atoms with Gasteiger partial charge in [0, 0.05) is 31.8 Å². The third-order valence-electron chi connectivity index (χ3n) is 3.47. The van der Waals surface area contributed by atoms with E-state index in [2.05, 4.69) is 5.32 Å². The maximum atomic E-state index is 11.6. The number of aliphatic hydroxyl groups is 1. The predicted molar refractivity (Wildman–Crippen MR) is 73.9 cm³/mol. The number of hydrogen-bond donors (Lipinski definition) is 2. The van der Waals surface area contributed by atoms with Crippen LogP contribution in [0.5, 0.6) is 0 Å². The summed E-state index contributed by atoms with van der Waals surface area (Å²) in [7, 11) is 1.51. The number of anilines is 1. The van der Waals surface area contributed by atoms with Crippen LogP contribution in [0.1, 0.15) is 23.2 Å². The molecule has 0 unspecified atom stereocenters. The van der Waals surface area contributed by atoms with Gasteiger partial charge in [-0.1, -0.05) is 0 Å². The molecule has 1 amide bonds. The van der Waals surface area contributed by atoms with Crippen LogP contribution in [0, 0.1) is 10.1 Å². The highest BCUT2D eigenvalue weighted by atomic mass is 16.6. The van der Waals surface area contributed by atoms with Crippen molar-refractivity contribution in [1.82, 2.24) is 5.32 Å². The Balaban J connectivity index is 2.36. The summed E-state index contributed by atoms with van der Waals surface area (Å²) in [6.07, 6.45) is 0.787. The van der Waals surface area contributed by atoms with Gasteiger partial charge >= 0.3 is 0 Å². The Labute approximate surface area is 116 Å². The third-order valence-corrected chi connectivity index (χ3v) is 3.47. The van der Waals surface area contributed by atoms with E-state index in [0.29, 0.717) is 37.2 Å². The van der Waals surface area contributed by atoms with Crippen molar-refractivity contribution < 1.29 is 14.8 Å². The Morgan fingerprint density at radius 3 is 2.65 bits per heavy atom. The van der Waals surface area contributed by atoms with E-state index in [0.717, 1.165) is 0 Å². The lowest BCUT2D eigenvalue weighted by molar-refractivity contribution is -0.384. The SMILES string of the molecule is CNC(=O)c1ccc([N+](=O)[O-])c(N2CCC(O)CC2)c1. The lowest BCUT2D eigenvalue weighted by Gasteiger charge is -2.31. The number of carbonyl (C=O) groups is 1. The van der Waals surface area contributed by atoms with Gasteiger partial charge in [0.25, 0.3) is 11.6 Å². The largest absolute Gasteiger partial charge is 0.393 e. The van der Waals surface area contributed by atoms with Crippen molar-refractivity contribution in [2.75, 3.05) is 25.0 Å². The van der Waals surface area contributed by atoms with Crippen molar-refractivity contribution >= 4 is 17.3 Å². The number of nitro benzene ring substituents is 1. The van der Waals surface area contributed by atoms with Gasteiger partial charge in [0.2, 0.25) is 0 Å². The van der Waals surface area contributed by atoms with E-state index in [-0.39, 0.29) is 17.7 Å². The molecule has 2 rings (SSSR count). The molecule has 0 aliphatic carbocycles. The van der Waals surface area contributed by atoms with E-state index in [1.807, 2.05) is 4.90 Å². The zero-order chi connectivity index (χ0) is 14.7. The molecule has 1 fully saturated rings.